The first-order valence-corrected chi connectivity index (χ1v) is 6.00. The van der Waals surface area contributed by atoms with E-state index >= 15 is 0 Å². The maximum Gasteiger partial charge on any atom is 0.314 e. The molecule has 2 rings (SSSR count). The van der Waals surface area contributed by atoms with Gasteiger partial charge in [-0.1, -0.05) is 0 Å². The number of nitrogens with two attached hydrogens (primary N) is 1. The third-order valence-corrected chi connectivity index (χ3v) is 3.12. The molecule has 98 valence electrons. The summed E-state index contributed by atoms with van der Waals surface area (Å²) in [5, 5.41) is 3.39. The van der Waals surface area contributed by atoms with Crippen LogP contribution in [0, 0.1) is 0 Å². The molecular weight excluding hydrogens is 232 g/mol. The number of carbonyl (C=O) groups excluding carboxylic acids is 1. The van der Waals surface area contributed by atoms with Crippen molar-refractivity contribution < 1.29 is 9.53 Å². The van der Waals surface area contributed by atoms with Crippen LogP contribution in [0.4, 0.5) is 10.5 Å². The predicted molar refractivity (Wildman–Crippen MR) is 68.6 cm³/mol. The van der Waals surface area contributed by atoms with Crippen LogP contribution in [-0.2, 0) is 0 Å². The standard InChI is InChI=1S/C12H18N4O2/c1-18-11-3-2-10(8-14-11)15-9-4-6-16(7-5-9)12(13)17/h2-3,8-9,15H,4-7H2,1H3,(H2,13,17). The molecule has 1 aliphatic heterocycles. The number of carbonyl (C=O) groups is 1. The van der Waals surface area contributed by atoms with Crippen LogP contribution in [0.2, 0.25) is 0 Å². The molecule has 0 radical (unpaired) electrons. The summed E-state index contributed by atoms with van der Waals surface area (Å²) >= 11 is 0. The Morgan fingerprint density at radius 3 is 2.72 bits per heavy atom. The first-order valence-electron chi connectivity index (χ1n) is 6.00. The first-order chi connectivity index (χ1) is 8.69. The van der Waals surface area contributed by atoms with Gasteiger partial charge in [0.05, 0.1) is 19.0 Å². The molecule has 1 aromatic rings. The topological polar surface area (TPSA) is 80.5 Å². The lowest BCUT2D eigenvalue weighted by atomic mass is 10.1. The molecule has 18 heavy (non-hydrogen) atoms. The van der Waals surface area contributed by atoms with Crippen molar-refractivity contribution in [3.8, 4) is 5.88 Å². The molecule has 0 bridgehead atoms. The number of ether oxygens (including phenoxy) is 1. The van der Waals surface area contributed by atoms with Crippen molar-refractivity contribution in [3.05, 3.63) is 18.3 Å². The van der Waals surface area contributed by atoms with E-state index in [1.807, 2.05) is 12.1 Å². The Balaban J connectivity index is 1.85. The van der Waals surface area contributed by atoms with Gasteiger partial charge in [0.15, 0.2) is 0 Å². The molecule has 1 fully saturated rings. The van der Waals surface area contributed by atoms with Crippen molar-refractivity contribution >= 4 is 11.7 Å². The summed E-state index contributed by atoms with van der Waals surface area (Å²) in [6.45, 7) is 1.41. The van der Waals surface area contributed by atoms with Gasteiger partial charge in [-0.15, -0.1) is 0 Å². The maximum absolute atomic E-state index is 11.0. The molecule has 0 aromatic carbocycles. The summed E-state index contributed by atoms with van der Waals surface area (Å²) < 4.78 is 5.00. The van der Waals surface area contributed by atoms with Gasteiger partial charge < -0.3 is 20.7 Å². The number of rotatable bonds is 3. The number of nitrogens with one attached hydrogen (secondary N) is 1. The Bertz CT molecular complexity index is 399. The van der Waals surface area contributed by atoms with Crippen LogP contribution in [0.3, 0.4) is 0 Å². The second-order valence-electron chi connectivity index (χ2n) is 4.33. The minimum absolute atomic E-state index is 0.334. The number of primary amides is 1. The Morgan fingerprint density at radius 2 is 2.22 bits per heavy atom. The van der Waals surface area contributed by atoms with Gasteiger partial charge in [0.25, 0.3) is 0 Å². The molecular formula is C12H18N4O2. The SMILES string of the molecule is COc1ccc(NC2CCN(C(N)=O)CC2)cn1. The number of urea groups is 1. The van der Waals surface area contributed by atoms with Gasteiger partial charge in [0.1, 0.15) is 0 Å². The second kappa shape index (κ2) is 5.57. The number of nitrogens with zero attached hydrogens (tertiary/aromatic N) is 2. The molecule has 0 atom stereocenters. The quantitative estimate of drug-likeness (QED) is 0.840. The third kappa shape index (κ3) is 3.03. The normalized spacial score (nSPS) is 16.4. The molecule has 2 heterocycles. The van der Waals surface area contributed by atoms with Crippen LogP contribution >= 0.6 is 0 Å². The maximum atomic E-state index is 11.0. The molecule has 1 saturated heterocycles. The van der Waals surface area contributed by atoms with Crippen molar-refractivity contribution in [1.82, 2.24) is 9.88 Å². The fraction of sp³-hybridized carbons (Fsp3) is 0.500. The molecule has 0 spiro atoms. The lowest BCUT2D eigenvalue weighted by Crippen LogP contribution is -2.44. The molecule has 1 aromatic heterocycles. The average molecular weight is 250 g/mol. The molecule has 0 unspecified atom stereocenters. The van der Waals surface area contributed by atoms with E-state index < -0.39 is 0 Å². The van der Waals surface area contributed by atoms with E-state index in [1.165, 1.54) is 0 Å². The monoisotopic (exact) mass is 250 g/mol. The highest BCUT2D eigenvalue weighted by Gasteiger charge is 2.20. The minimum atomic E-state index is -0.334. The number of hydrogen-bond acceptors (Lipinski definition) is 4. The number of piperidine rings is 1. The number of likely N-dealkylation sites (tertiary alicyclic amines) is 1. The number of hydrogen-bond donors (Lipinski definition) is 2. The minimum Gasteiger partial charge on any atom is -0.481 e. The van der Waals surface area contributed by atoms with Crippen molar-refractivity contribution in [2.75, 3.05) is 25.5 Å². The van der Waals surface area contributed by atoms with Crippen molar-refractivity contribution in [1.29, 1.82) is 0 Å². The zero-order valence-electron chi connectivity index (χ0n) is 10.4. The zero-order chi connectivity index (χ0) is 13.0. The van der Waals surface area contributed by atoms with E-state index in [1.54, 1.807) is 18.2 Å². The number of pyridine rings is 1. The Morgan fingerprint density at radius 1 is 1.50 bits per heavy atom. The van der Waals surface area contributed by atoms with Crippen molar-refractivity contribution in [3.63, 3.8) is 0 Å². The van der Waals surface area contributed by atoms with E-state index in [0.29, 0.717) is 25.0 Å². The fourth-order valence-corrected chi connectivity index (χ4v) is 2.07. The molecule has 6 heteroatoms. The van der Waals surface area contributed by atoms with Crippen LogP contribution in [0.5, 0.6) is 5.88 Å². The van der Waals surface area contributed by atoms with Crippen LogP contribution in [0.25, 0.3) is 0 Å². The lowest BCUT2D eigenvalue weighted by molar-refractivity contribution is 0.193. The Labute approximate surface area is 106 Å². The summed E-state index contributed by atoms with van der Waals surface area (Å²) in [5.74, 6) is 0.601. The summed E-state index contributed by atoms with van der Waals surface area (Å²) in [6.07, 6.45) is 3.54. The third-order valence-electron chi connectivity index (χ3n) is 3.12. The van der Waals surface area contributed by atoms with E-state index in [2.05, 4.69) is 10.3 Å². The van der Waals surface area contributed by atoms with Gasteiger partial charge in [0.2, 0.25) is 5.88 Å². The Kier molecular flexibility index (Phi) is 3.86. The average Bonchev–Trinajstić information content (AvgIpc) is 2.40. The van der Waals surface area contributed by atoms with Gasteiger partial charge in [0, 0.05) is 25.2 Å². The molecule has 0 aliphatic carbocycles. The van der Waals surface area contributed by atoms with Crippen molar-refractivity contribution in [2.45, 2.75) is 18.9 Å². The number of aromatic nitrogens is 1. The summed E-state index contributed by atoms with van der Waals surface area (Å²) in [6, 6.07) is 3.78. The van der Waals surface area contributed by atoms with E-state index in [-0.39, 0.29) is 6.03 Å². The second-order valence-corrected chi connectivity index (χ2v) is 4.33. The highest BCUT2D eigenvalue weighted by atomic mass is 16.5. The van der Waals surface area contributed by atoms with Gasteiger partial charge in [-0.3, -0.25) is 0 Å². The molecule has 3 N–H and O–H groups in total. The van der Waals surface area contributed by atoms with Crippen LogP contribution in [-0.4, -0.2) is 42.2 Å². The zero-order valence-corrected chi connectivity index (χ0v) is 10.4. The highest BCUT2D eigenvalue weighted by molar-refractivity contribution is 5.72. The predicted octanol–water partition coefficient (Wildman–Crippen LogP) is 1.05. The summed E-state index contributed by atoms with van der Waals surface area (Å²) in [4.78, 5) is 16.8. The van der Waals surface area contributed by atoms with E-state index in [0.717, 1.165) is 18.5 Å². The summed E-state index contributed by atoms with van der Waals surface area (Å²) in [5.41, 5.74) is 6.21. The van der Waals surface area contributed by atoms with E-state index in [9.17, 15) is 4.79 Å². The largest absolute Gasteiger partial charge is 0.481 e. The van der Waals surface area contributed by atoms with Crippen LogP contribution in [0.15, 0.2) is 18.3 Å². The highest BCUT2D eigenvalue weighted by Crippen LogP contribution is 2.17. The van der Waals surface area contributed by atoms with Crippen LogP contribution < -0.4 is 15.8 Å². The smallest absolute Gasteiger partial charge is 0.314 e. The van der Waals surface area contributed by atoms with Gasteiger partial charge >= 0.3 is 6.03 Å². The number of anilines is 1. The van der Waals surface area contributed by atoms with Gasteiger partial charge in [-0.05, 0) is 18.9 Å². The first kappa shape index (κ1) is 12.5. The van der Waals surface area contributed by atoms with Crippen LogP contribution in [0.1, 0.15) is 12.8 Å². The Hall–Kier alpha value is -1.98. The molecule has 2 amide bonds. The van der Waals surface area contributed by atoms with E-state index in [4.69, 9.17) is 10.5 Å². The van der Waals surface area contributed by atoms with Gasteiger partial charge in [-0.2, -0.15) is 0 Å². The molecule has 0 saturated carbocycles. The molecule has 1 aliphatic rings. The lowest BCUT2D eigenvalue weighted by Gasteiger charge is -2.31. The summed E-state index contributed by atoms with van der Waals surface area (Å²) in [7, 11) is 1.59. The molecule has 6 nitrogen and oxygen atoms in total. The number of amides is 2. The fourth-order valence-electron chi connectivity index (χ4n) is 2.07. The number of methoxy groups -OCH3 is 1. The van der Waals surface area contributed by atoms with Gasteiger partial charge in [-0.25, -0.2) is 9.78 Å². The van der Waals surface area contributed by atoms with Crippen molar-refractivity contribution in [2.24, 2.45) is 5.73 Å².